The zero-order valence-electron chi connectivity index (χ0n) is 14.5. The molecule has 0 saturated carbocycles. The maximum Gasteiger partial charge on any atom is 0.254 e. The highest BCUT2D eigenvalue weighted by molar-refractivity contribution is 5.26. The van der Waals surface area contributed by atoms with Crippen LogP contribution in [0.2, 0.25) is 0 Å². The van der Waals surface area contributed by atoms with Crippen molar-refractivity contribution in [2.24, 2.45) is 0 Å². The van der Waals surface area contributed by atoms with Crippen LogP contribution >= 0.6 is 0 Å². The highest BCUT2D eigenvalue weighted by atomic mass is 16.1. The van der Waals surface area contributed by atoms with Crippen molar-refractivity contribution in [1.82, 2.24) is 14.9 Å². The summed E-state index contributed by atoms with van der Waals surface area (Å²) in [5.74, 6) is 0.734. The lowest BCUT2D eigenvalue weighted by molar-refractivity contribution is 0.187. The zero-order valence-corrected chi connectivity index (χ0v) is 14.5. The molecule has 2 aromatic rings. The summed E-state index contributed by atoms with van der Waals surface area (Å²) in [5.41, 5.74) is 4.76. The van der Waals surface area contributed by atoms with Crippen LogP contribution in [0.25, 0.3) is 0 Å². The first-order chi connectivity index (χ1) is 11.6. The number of hydrogen-bond donors (Lipinski definition) is 1. The average Bonchev–Trinajstić information content (AvgIpc) is 2.84. The van der Waals surface area contributed by atoms with Crippen LogP contribution < -0.4 is 5.56 Å². The number of nitrogens with zero attached hydrogens (tertiary/aromatic N) is 2. The van der Waals surface area contributed by atoms with Gasteiger partial charge in [0.2, 0.25) is 0 Å². The van der Waals surface area contributed by atoms with Gasteiger partial charge in [0.25, 0.3) is 5.56 Å². The van der Waals surface area contributed by atoms with Crippen molar-refractivity contribution in [1.29, 1.82) is 0 Å². The molecule has 1 fully saturated rings. The molecule has 1 saturated heterocycles. The number of aromatic nitrogens is 2. The average molecular weight is 323 g/mol. The molecule has 1 aromatic carbocycles. The SMILES string of the molecule is CCc1ccc(CN2[C@H]3CC[C@H]2Cc2c(nc(C)[nH]c2=O)C3)cc1. The quantitative estimate of drug-likeness (QED) is 0.945. The van der Waals surface area contributed by atoms with Gasteiger partial charge < -0.3 is 4.98 Å². The van der Waals surface area contributed by atoms with E-state index >= 15 is 0 Å². The molecule has 1 aromatic heterocycles. The molecular formula is C20H25N3O. The van der Waals surface area contributed by atoms with Crippen LogP contribution in [0.4, 0.5) is 0 Å². The number of fused-ring (bicyclic) bond motifs is 3. The van der Waals surface area contributed by atoms with E-state index in [1.165, 1.54) is 24.0 Å². The summed E-state index contributed by atoms with van der Waals surface area (Å²) in [4.78, 5) is 22.5. The van der Waals surface area contributed by atoms with Crippen molar-refractivity contribution >= 4 is 0 Å². The first kappa shape index (κ1) is 15.6. The standard InChI is InChI=1S/C20H25N3O/c1-3-14-4-6-15(7-5-14)12-23-16-8-9-17(23)11-19-18(10-16)20(24)22-13(2)21-19/h4-7,16-17H,3,8-12H2,1-2H3,(H,21,22,24)/t16-,17-/m0/s1. The number of benzene rings is 1. The van der Waals surface area contributed by atoms with Gasteiger partial charge in [-0.3, -0.25) is 9.69 Å². The fourth-order valence-corrected chi connectivity index (χ4v) is 4.31. The molecule has 4 rings (SSSR count). The van der Waals surface area contributed by atoms with E-state index < -0.39 is 0 Å². The van der Waals surface area contributed by atoms with Crippen LogP contribution in [-0.2, 0) is 25.8 Å². The van der Waals surface area contributed by atoms with Gasteiger partial charge in [0, 0.05) is 30.6 Å². The summed E-state index contributed by atoms with van der Waals surface area (Å²) in [6, 6.07) is 9.96. The second kappa shape index (κ2) is 6.17. The van der Waals surface area contributed by atoms with Crippen LogP contribution in [0, 0.1) is 6.92 Å². The van der Waals surface area contributed by atoms with E-state index in [4.69, 9.17) is 0 Å². The van der Waals surface area contributed by atoms with Crippen molar-refractivity contribution in [3.8, 4) is 0 Å². The predicted octanol–water partition coefficient (Wildman–Crippen LogP) is 2.77. The third-order valence-electron chi connectivity index (χ3n) is 5.66. The van der Waals surface area contributed by atoms with Gasteiger partial charge in [0.1, 0.15) is 5.82 Å². The van der Waals surface area contributed by atoms with E-state index in [9.17, 15) is 4.79 Å². The van der Waals surface area contributed by atoms with E-state index in [2.05, 4.69) is 46.1 Å². The normalized spacial score (nSPS) is 23.1. The monoisotopic (exact) mass is 323 g/mol. The highest BCUT2D eigenvalue weighted by Gasteiger charge is 2.38. The summed E-state index contributed by atoms with van der Waals surface area (Å²) >= 11 is 0. The van der Waals surface area contributed by atoms with Gasteiger partial charge in [-0.2, -0.15) is 0 Å². The number of rotatable bonds is 3. The number of H-pyrrole nitrogens is 1. The molecule has 0 aliphatic carbocycles. The van der Waals surface area contributed by atoms with Crippen molar-refractivity contribution in [2.75, 3.05) is 0 Å². The molecule has 2 aliphatic heterocycles. The number of aromatic amines is 1. The topological polar surface area (TPSA) is 49.0 Å². The molecule has 0 radical (unpaired) electrons. The molecule has 24 heavy (non-hydrogen) atoms. The first-order valence-corrected chi connectivity index (χ1v) is 9.06. The van der Waals surface area contributed by atoms with E-state index in [-0.39, 0.29) is 5.56 Å². The van der Waals surface area contributed by atoms with Gasteiger partial charge in [-0.15, -0.1) is 0 Å². The number of aryl methyl sites for hydroxylation is 2. The summed E-state index contributed by atoms with van der Waals surface area (Å²) in [7, 11) is 0. The fraction of sp³-hybridized carbons (Fsp3) is 0.500. The van der Waals surface area contributed by atoms with E-state index in [1.54, 1.807) is 0 Å². The Hall–Kier alpha value is -1.94. The molecule has 0 unspecified atom stereocenters. The Balaban J connectivity index is 1.60. The van der Waals surface area contributed by atoms with Crippen LogP contribution in [0.5, 0.6) is 0 Å². The van der Waals surface area contributed by atoms with Crippen LogP contribution in [-0.4, -0.2) is 27.0 Å². The Labute approximate surface area is 142 Å². The molecule has 0 spiro atoms. The fourth-order valence-electron chi connectivity index (χ4n) is 4.31. The maximum atomic E-state index is 12.3. The van der Waals surface area contributed by atoms with E-state index in [0.717, 1.165) is 42.9 Å². The second-order valence-electron chi connectivity index (χ2n) is 7.21. The molecule has 4 nitrogen and oxygen atoms in total. The van der Waals surface area contributed by atoms with Crippen molar-refractivity contribution in [3.05, 3.63) is 62.8 Å². The third kappa shape index (κ3) is 2.80. The van der Waals surface area contributed by atoms with Gasteiger partial charge in [0.05, 0.1) is 5.69 Å². The van der Waals surface area contributed by atoms with Crippen LogP contribution in [0.15, 0.2) is 29.1 Å². The summed E-state index contributed by atoms with van der Waals surface area (Å²) in [5, 5.41) is 0. The molecule has 2 aliphatic rings. The lowest BCUT2D eigenvalue weighted by Crippen LogP contribution is -2.36. The van der Waals surface area contributed by atoms with Gasteiger partial charge in [0.15, 0.2) is 0 Å². The minimum Gasteiger partial charge on any atom is -0.311 e. The first-order valence-electron chi connectivity index (χ1n) is 9.06. The highest BCUT2D eigenvalue weighted by Crippen LogP contribution is 2.33. The lowest BCUT2D eigenvalue weighted by atomic mass is 9.98. The zero-order chi connectivity index (χ0) is 16.7. The van der Waals surface area contributed by atoms with Gasteiger partial charge in [-0.25, -0.2) is 4.98 Å². The van der Waals surface area contributed by atoms with Gasteiger partial charge >= 0.3 is 0 Å². The van der Waals surface area contributed by atoms with E-state index in [1.807, 2.05) is 6.92 Å². The molecule has 0 amide bonds. The summed E-state index contributed by atoms with van der Waals surface area (Å²) in [6.07, 6.45) is 5.22. The molecule has 1 N–H and O–H groups in total. The molecule has 4 heteroatoms. The molecule has 3 heterocycles. The van der Waals surface area contributed by atoms with Gasteiger partial charge in [-0.05, 0) is 43.7 Å². The largest absolute Gasteiger partial charge is 0.311 e. The lowest BCUT2D eigenvalue weighted by Gasteiger charge is -2.28. The van der Waals surface area contributed by atoms with Crippen LogP contribution in [0.1, 0.15) is 48.0 Å². The predicted molar refractivity (Wildman–Crippen MR) is 95.2 cm³/mol. The van der Waals surface area contributed by atoms with Crippen molar-refractivity contribution < 1.29 is 0 Å². The maximum absolute atomic E-state index is 12.3. The summed E-state index contributed by atoms with van der Waals surface area (Å²) < 4.78 is 0. The Morgan fingerprint density at radius 2 is 1.79 bits per heavy atom. The Kier molecular flexibility index (Phi) is 4.01. The van der Waals surface area contributed by atoms with E-state index in [0.29, 0.717) is 12.1 Å². The Morgan fingerprint density at radius 3 is 2.50 bits per heavy atom. The molecule has 2 bridgehead atoms. The smallest absolute Gasteiger partial charge is 0.254 e. The van der Waals surface area contributed by atoms with Gasteiger partial charge in [-0.1, -0.05) is 31.2 Å². The molecule has 126 valence electrons. The minimum absolute atomic E-state index is 0.0669. The third-order valence-corrected chi connectivity index (χ3v) is 5.66. The van der Waals surface area contributed by atoms with Crippen molar-refractivity contribution in [3.63, 3.8) is 0 Å². The molecular weight excluding hydrogens is 298 g/mol. The number of hydrogen-bond acceptors (Lipinski definition) is 3. The second-order valence-corrected chi connectivity index (χ2v) is 7.21. The minimum atomic E-state index is 0.0669. The summed E-state index contributed by atoms with van der Waals surface area (Å²) in [6.45, 7) is 5.04. The van der Waals surface area contributed by atoms with Crippen molar-refractivity contribution in [2.45, 2.75) is 64.6 Å². The Bertz CT molecular complexity index is 794. The Morgan fingerprint density at radius 1 is 1.12 bits per heavy atom. The number of nitrogens with one attached hydrogen (secondary N) is 1. The molecule has 2 atom stereocenters. The van der Waals surface area contributed by atoms with Crippen LogP contribution in [0.3, 0.4) is 0 Å².